The number of hydrogen-bond donors (Lipinski definition) is 1. The second-order valence-electron chi connectivity index (χ2n) is 7.55. The van der Waals surface area contributed by atoms with Gasteiger partial charge in [0.05, 0.1) is 12.8 Å². The largest absolute Gasteiger partial charge is 0.497 e. The molecule has 0 radical (unpaired) electrons. The highest BCUT2D eigenvalue weighted by Gasteiger charge is 2.19. The molecule has 6 heteroatoms. The van der Waals surface area contributed by atoms with Crippen LogP contribution in [0, 0.1) is 3.57 Å². The van der Waals surface area contributed by atoms with Crippen molar-refractivity contribution in [2.75, 3.05) is 12.4 Å². The number of halogens is 1. The van der Waals surface area contributed by atoms with E-state index in [1.165, 1.54) is 0 Å². The Morgan fingerprint density at radius 3 is 2.41 bits per heavy atom. The summed E-state index contributed by atoms with van der Waals surface area (Å²) in [6.45, 7) is 5.92. The maximum atomic E-state index is 12.3. The molecule has 0 aliphatic rings. The first-order chi connectivity index (χ1) is 13.8. The van der Waals surface area contributed by atoms with Crippen molar-refractivity contribution in [1.29, 1.82) is 0 Å². The summed E-state index contributed by atoms with van der Waals surface area (Å²) in [4.78, 5) is 12.3. The SMILES string of the molecule is COc1ccc2c(OCc3ccccc3)cc(NC(=O)OC(C)(C)C)c(I)c2c1. The molecule has 0 fully saturated rings. The minimum atomic E-state index is -0.581. The molecule has 1 N–H and O–H groups in total. The molecule has 3 aromatic carbocycles. The third-order valence-corrected chi connectivity index (χ3v) is 5.28. The zero-order chi connectivity index (χ0) is 21.0. The Kier molecular flexibility index (Phi) is 6.52. The van der Waals surface area contributed by atoms with Crippen molar-refractivity contribution in [3.05, 3.63) is 63.7 Å². The molecule has 0 saturated heterocycles. The molecular formula is C23H24INO4. The molecule has 0 unspecified atom stereocenters. The zero-order valence-electron chi connectivity index (χ0n) is 16.9. The van der Waals surface area contributed by atoms with E-state index in [2.05, 4.69) is 27.9 Å². The summed E-state index contributed by atoms with van der Waals surface area (Å²) in [6, 6.07) is 17.6. The lowest BCUT2D eigenvalue weighted by Gasteiger charge is -2.21. The van der Waals surface area contributed by atoms with E-state index >= 15 is 0 Å². The van der Waals surface area contributed by atoms with Gasteiger partial charge in [0.1, 0.15) is 23.7 Å². The molecule has 0 aromatic heterocycles. The fourth-order valence-electron chi connectivity index (χ4n) is 2.82. The van der Waals surface area contributed by atoms with Crippen molar-refractivity contribution in [2.24, 2.45) is 0 Å². The van der Waals surface area contributed by atoms with Gasteiger partial charge in [0.2, 0.25) is 0 Å². The molecule has 5 nitrogen and oxygen atoms in total. The van der Waals surface area contributed by atoms with Gasteiger partial charge in [-0.05, 0) is 67.1 Å². The van der Waals surface area contributed by atoms with E-state index in [9.17, 15) is 4.79 Å². The van der Waals surface area contributed by atoms with Gasteiger partial charge in [-0.2, -0.15) is 0 Å². The van der Waals surface area contributed by atoms with Crippen LogP contribution in [0.2, 0.25) is 0 Å². The first-order valence-electron chi connectivity index (χ1n) is 9.24. The van der Waals surface area contributed by atoms with Crippen LogP contribution in [0.1, 0.15) is 26.3 Å². The third-order valence-electron chi connectivity index (χ3n) is 4.11. The predicted molar refractivity (Wildman–Crippen MR) is 124 cm³/mol. The number of nitrogens with one attached hydrogen (secondary N) is 1. The van der Waals surface area contributed by atoms with E-state index in [4.69, 9.17) is 14.2 Å². The van der Waals surface area contributed by atoms with Gasteiger partial charge in [0, 0.05) is 20.4 Å². The number of methoxy groups -OCH3 is 1. The van der Waals surface area contributed by atoms with Crippen molar-refractivity contribution in [3.63, 3.8) is 0 Å². The Bertz CT molecular complexity index is 1010. The quantitative estimate of drug-likeness (QED) is 0.409. The van der Waals surface area contributed by atoms with Crippen LogP contribution in [0.15, 0.2) is 54.6 Å². The zero-order valence-corrected chi connectivity index (χ0v) is 19.1. The minimum Gasteiger partial charge on any atom is -0.497 e. The number of amides is 1. The van der Waals surface area contributed by atoms with Crippen LogP contribution in [0.4, 0.5) is 10.5 Å². The Hall–Kier alpha value is -2.48. The summed E-state index contributed by atoms with van der Waals surface area (Å²) >= 11 is 2.22. The lowest BCUT2D eigenvalue weighted by atomic mass is 10.1. The summed E-state index contributed by atoms with van der Waals surface area (Å²) in [6.07, 6.45) is -0.508. The number of carbonyl (C=O) groups is 1. The number of ether oxygens (including phenoxy) is 3. The highest BCUT2D eigenvalue weighted by molar-refractivity contribution is 14.1. The Labute approximate surface area is 184 Å². The summed E-state index contributed by atoms with van der Waals surface area (Å²) in [7, 11) is 1.63. The molecule has 0 aliphatic carbocycles. The van der Waals surface area contributed by atoms with E-state index in [1.54, 1.807) is 7.11 Å². The predicted octanol–water partition coefficient (Wildman–Crippen LogP) is 6.38. The number of fused-ring (bicyclic) bond motifs is 1. The highest BCUT2D eigenvalue weighted by Crippen LogP contribution is 2.38. The van der Waals surface area contributed by atoms with E-state index in [0.29, 0.717) is 18.0 Å². The van der Waals surface area contributed by atoms with Crippen LogP contribution in [-0.2, 0) is 11.3 Å². The van der Waals surface area contributed by atoms with Crippen LogP contribution in [0.5, 0.6) is 11.5 Å². The highest BCUT2D eigenvalue weighted by atomic mass is 127. The van der Waals surface area contributed by atoms with Gasteiger partial charge >= 0.3 is 6.09 Å². The third kappa shape index (κ3) is 5.53. The summed E-state index contributed by atoms with van der Waals surface area (Å²) in [5.74, 6) is 1.41. The molecule has 1 amide bonds. The number of hydrogen-bond acceptors (Lipinski definition) is 4. The number of benzene rings is 3. The molecule has 0 aliphatic heterocycles. The van der Waals surface area contributed by atoms with Crippen LogP contribution in [0.3, 0.4) is 0 Å². The van der Waals surface area contributed by atoms with Gasteiger partial charge in [0.25, 0.3) is 0 Å². The van der Waals surface area contributed by atoms with E-state index < -0.39 is 11.7 Å². The Morgan fingerprint density at radius 2 is 1.76 bits per heavy atom. The maximum absolute atomic E-state index is 12.3. The lowest BCUT2D eigenvalue weighted by Crippen LogP contribution is -2.27. The molecule has 0 atom stereocenters. The fourth-order valence-corrected chi connectivity index (χ4v) is 3.56. The normalized spacial score (nSPS) is 11.2. The maximum Gasteiger partial charge on any atom is 0.412 e. The van der Waals surface area contributed by atoms with Crippen LogP contribution >= 0.6 is 22.6 Å². The Balaban J connectivity index is 1.99. The van der Waals surface area contributed by atoms with Crippen LogP contribution in [-0.4, -0.2) is 18.8 Å². The van der Waals surface area contributed by atoms with E-state index in [1.807, 2.05) is 75.4 Å². The van der Waals surface area contributed by atoms with Crippen LogP contribution in [0.25, 0.3) is 10.8 Å². The minimum absolute atomic E-state index is 0.425. The number of rotatable bonds is 5. The van der Waals surface area contributed by atoms with Crippen LogP contribution < -0.4 is 14.8 Å². The van der Waals surface area contributed by atoms with Crippen molar-refractivity contribution >= 4 is 45.1 Å². The lowest BCUT2D eigenvalue weighted by molar-refractivity contribution is 0.0636. The molecule has 0 saturated carbocycles. The molecule has 3 aromatic rings. The first kappa shape index (κ1) is 21.2. The van der Waals surface area contributed by atoms with Gasteiger partial charge < -0.3 is 14.2 Å². The average Bonchev–Trinajstić information content (AvgIpc) is 2.68. The summed E-state index contributed by atoms with van der Waals surface area (Å²) in [5, 5.41) is 4.72. The second-order valence-corrected chi connectivity index (χ2v) is 8.63. The molecular weight excluding hydrogens is 481 g/mol. The smallest absolute Gasteiger partial charge is 0.412 e. The number of anilines is 1. The molecule has 152 valence electrons. The summed E-state index contributed by atoms with van der Waals surface area (Å²) < 4.78 is 17.8. The van der Waals surface area contributed by atoms with Gasteiger partial charge in [0.15, 0.2) is 0 Å². The van der Waals surface area contributed by atoms with Crippen molar-refractivity contribution in [3.8, 4) is 11.5 Å². The number of carbonyl (C=O) groups excluding carboxylic acids is 1. The molecule has 0 heterocycles. The second kappa shape index (κ2) is 8.90. The summed E-state index contributed by atoms with van der Waals surface area (Å²) in [5.41, 5.74) is 1.11. The van der Waals surface area contributed by atoms with Gasteiger partial charge in [-0.3, -0.25) is 5.32 Å². The molecule has 0 bridgehead atoms. The topological polar surface area (TPSA) is 56.8 Å². The van der Waals surface area contributed by atoms with Crippen molar-refractivity contribution < 1.29 is 19.0 Å². The van der Waals surface area contributed by atoms with Gasteiger partial charge in [-0.25, -0.2) is 4.79 Å². The van der Waals surface area contributed by atoms with Gasteiger partial charge in [-0.1, -0.05) is 30.3 Å². The van der Waals surface area contributed by atoms with Gasteiger partial charge in [-0.15, -0.1) is 0 Å². The van der Waals surface area contributed by atoms with E-state index in [-0.39, 0.29) is 0 Å². The molecule has 0 spiro atoms. The molecule has 3 rings (SSSR count). The Morgan fingerprint density at radius 1 is 1.03 bits per heavy atom. The average molecular weight is 505 g/mol. The molecule has 29 heavy (non-hydrogen) atoms. The fraction of sp³-hybridized carbons (Fsp3) is 0.261. The van der Waals surface area contributed by atoms with Crippen molar-refractivity contribution in [1.82, 2.24) is 0 Å². The monoisotopic (exact) mass is 505 g/mol. The van der Waals surface area contributed by atoms with E-state index in [0.717, 1.165) is 25.7 Å². The standard InChI is InChI=1S/C23H24INO4/c1-23(2,3)29-22(26)25-19-13-20(28-14-15-8-6-5-7-9-15)17-11-10-16(27-4)12-18(17)21(19)24/h5-13H,14H2,1-4H3,(H,25,26). The first-order valence-corrected chi connectivity index (χ1v) is 10.3. The van der Waals surface area contributed by atoms with Crippen molar-refractivity contribution in [2.45, 2.75) is 33.0 Å².